The molecule has 19 heavy (non-hydrogen) atoms. The van der Waals surface area contributed by atoms with Crippen molar-refractivity contribution >= 4 is 5.69 Å². The van der Waals surface area contributed by atoms with Crippen LogP contribution in [0.1, 0.15) is 22.5 Å². The lowest BCUT2D eigenvalue weighted by molar-refractivity contribution is 0.409. The van der Waals surface area contributed by atoms with Crippen molar-refractivity contribution in [2.75, 3.05) is 12.4 Å². The number of methoxy groups -OCH3 is 1. The highest BCUT2D eigenvalue weighted by atomic mass is 16.5. The van der Waals surface area contributed by atoms with Crippen LogP contribution in [0.3, 0.4) is 0 Å². The van der Waals surface area contributed by atoms with Gasteiger partial charge in [0.1, 0.15) is 5.75 Å². The van der Waals surface area contributed by atoms with Gasteiger partial charge in [0.15, 0.2) is 0 Å². The summed E-state index contributed by atoms with van der Waals surface area (Å²) < 4.78 is 5.27. The number of rotatable bonds is 4. The quantitative estimate of drug-likeness (QED) is 0.914. The lowest BCUT2D eigenvalue weighted by Crippen LogP contribution is -2.05. The second-order valence-corrected chi connectivity index (χ2v) is 4.57. The van der Waals surface area contributed by atoms with Gasteiger partial charge in [0, 0.05) is 18.4 Å². The topological polar surface area (TPSA) is 47.0 Å². The van der Waals surface area contributed by atoms with E-state index in [1.807, 2.05) is 33.0 Å². The number of nitrogens with one attached hydrogen (secondary N) is 1. The van der Waals surface area contributed by atoms with Crippen molar-refractivity contribution in [1.82, 2.24) is 9.97 Å². The SMILES string of the molecule is COc1cncc(CNc2ccc(C)nc2C)c1C. The summed E-state index contributed by atoms with van der Waals surface area (Å²) in [5.74, 6) is 0.818. The fourth-order valence-electron chi connectivity index (χ4n) is 1.99. The normalized spacial score (nSPS) is 10.3. The first kappa shape index (κ1) is 13.3. The predicted molar refractivity (Wildman–Crippen MR) is 76.6 cm³/mol. The Hall–Kier alpha value is -2.10. The minimum atomic E-state index is 0.710. The molecule has 4 nitrogen and oxygen atoms in total. The summed E-state index contributed by atoms with van der Waals surface area (Å²) in [6, 6.07) is 4.06. The number of aryl methyl sites for hydroxylation is 2. The molecule has 0 saturated carbocycles. The zero-order valence-corrected chi connectivity index (χ0v) is 11.8. The highest BCUT2D eigenvalue weighted by Gasteiger charge is 2.06. The van der Waals surface area contributed by atoms with Crippen molar-refractivity contribution in [1.29, 1.82) is 0 Å². The summed E-state index contributed by atoms with van der Waals surface area (Å²) in [7, 11) is 1.66. The maximum atomic E-state index is 5.27. The molecule has 0 aromatic carbocycles. The van der Waals surface area contributed by atoms with Crippen LogP contribution in [0.15, 0.2) is 24.5 Å². The van der Waals surface area contributed by atoms with Crippen LogP contribution in [0.25, 0.3) is 0 Å². The molecule has 0 fully saturated rings. The Kier molecular flexibility index (Phi) is 4.00. The van der Waals surface area contributed by atoms with Gasteiger partial charge in [0.2, 0.25) is 0 Å². The number of nitrogens with zero attached hydrogens (tertiary/aromatic N) is 2. The maximum absolute atomic E-state index is 5.27. The van der Waals surface area contributed by atoms with E-state index in [9.17, 15) is 0 Å². The molecule has 2 heterocycles. The van der Waals surface area contributed by atoms with Crippen LogP contribution in [0, 0.1) is 20.8 Å². The van der Waals surface area contributed by atoms with Gasteiger partial charge in [-0.2, -0.15) is 0 Å². The van der Waals surface area contributed by atoms with Gasteiger partial charge in [0.25, 0.3) is 0 Å². The average Bonchev–Trinajstić information content (AvgIpc) is 2.39. The second-order valence-electron chi connectivity index (χ2n) is 4.57. The second kappa shape index (κ2) is 5.69. The summed E-state index contributed by atoms with van der Waals surface area (Å²) in [4.78, 5) is 8.62. The minimum Gasteiger partial charge on any atom is -0.495 e. The van der Waals surface area contributed by atoms with Crippen molar-refractivity contribution in [2.24, 2.45) is 0 Å². The van der Waals surface area contributed by atoms with Gasteiger partial charge in [-0.25, -0.2) is 0 Å². The molecular formula is C15H19N3O. The van der Waals surface area contributed by atoms with Gasteiger partial charge < -0.3 is 10.1 Å². The zero-order valence-electron chi connectivity index (χ0n) is 11.8. The van der Waals surface area contributed by atoms with Gasteiger partial charge >= 0.3 is 0 Å². The molecule has 0 aliphatic heterocycles. The van der Waals surface area contributed by atoms with Crippen LogP contribution < -0.4 is 10.1 Å². The zero-order chi connectivity index (χ0) is 13.8. The van der Waals surface area contributed by atoms with Crippen LogP contribution in [0.5, 0.6) is 5.75 Å². The molecule has 0 aliphatic carbocycles. The number of ether oxygens (including phenoxy) is 1. The van der Waals surface area contributed by atoms with Gasteiger partial charge in [-0.15, -0.1) is 0 Å². The number of pyridine rings is 2. The van der Waals surface area contributed by atoms with E-state index in [2.05, 4.69) is 21.4 Å². The first-order valence-corrected chi connectivity index (χ1v) is 6.27. The van der Waals surface area contributed by atoms with Crippen LogP contribution in [0.2, 0.25) is 0 Å². The van der Waals surface area contributed by atoms with E-state index in [1.54, 1.807) is 13.3 Å². The minimum absolute atomic E-state index is 0.710. The third-order valence-corrected chi connectivity index (χ3v) is 3.19. The molecule has 0 radical (unpaired) electrons. The molecule has 2 rings (SSSR count). The Bertz CT molecular complexity index is 582. The molecule has 100 valence electrons. The fraction of sp³-hybridized carbons (Fsp3) is 0.333. The Labute approximate surface area is 113 Å². The lowest BCUT2D eigenvalue weighted by atomic mass is 10.1. The van der Waals surface area contributed by atoms with E-state index in [1.165, 1.54) is 0 Å². The van der Waals surface area contributed by atoms with Crippen LogP contribution in [0.4, 0.5) is 5.69 Å². The molecular weight excluding hydrogens is 238 g/mol. The van der Waals surface area contributed by atoms with E-state index in [4.69, 9.17) is 4.74 Å². The molecule has 1 N–H and O–H groups in total. The molecule has 0 bridgehead atoms. The average molecular weight is 257 g/mol. The summed E-state index contributed by atoms with van der Waals surface area (Å²) in [6.45, 7) is 6.75. The molecule has 0 aliphatic rings. The lowest BCUT2D eigenvalue weighted by Gasteiger charge is -2.12. The number of hydrogen-bond donors (Lipinski definition) is 1. The number of hydrogen-bond acceptors (Lipinski definition) is 4. The summed E-state index contributed by atoms with van der Waals surface area (Å²) in [5.41, 5.74) is 5.32. The first-order valence-electron chi connectivity index (χ1n) is 6.27. The first-order chi connectivity index (χ1) is 9.11. The Balaban J connectivity index is 2.14. The smallest absolute Gasteiger partial charge is 0.140 e. The number of aromatic nitrogens is 2. The summed E-state index contributed by atoms with van der Waals surface area (Å²) >= 11 is 0. The summed E-state index contributed by atoms with van der Waals surface area (Å²) in [6.07, 6.45) is 3.60. The Morgan fingerprint density at radius 1 is 1.16 bits per heavy atom. The van der Waals surface area contributed by atoms with Gasteiger partial charge in [-0.3, -0.25) is 9.97 Å². The van der Waals surface area contributed by atoms with E-state index < -0.39 is 0 Å². The monoisotopic (exact) mass is 257 g/mol. The van der Waals surface area contributed by atoms with E-state index in [0.717, 1.165) is 34.0 Å². The van der Waals surface area contributed by atoms with Crippen LogP contribution >= 0.6 is 0 Å². The Morgan fingerprint density at radius 3 is 2.63 bits per heavy atom. The Morgan fingerprint density at radius 2 is 1.95 bits per heavy atom. The molecule has 4 heteroatoms. The van der Waals surface area contributed by atoms with E-state index in [-0.39, 0.29) is 0 Å². The molecule has 2 aromatic rings. The maximum Gasteiger partial charge on any atom is 0.140 e. The van der Waals surface area contributed by atoms with Crippen LogP contribution in [-0.2, 0) is 6.54 Å². The van der Waals surface area contributed by atoms with Crippen molar-refractivity contribution in [2.45, 2.75) is 27.3 Å². The fourth-order valence-corrected chi connectivity index (χ4v) is 1.99. The largest absolute Gasteiger partial charge is 0.495 e. The molecule has 0 unspecified atom stereocenters. The van der Waals surface area contributed by atoms with Gasteiger partial charge in [-0.05, 0) is 44.0 Å². The molecule has 0 atom stereocenters. The standard InChI is InChI=1S/C15H19N3O/c1-10-5-6-14(12(3)18-10)17-8-13-7-16-9-15(19-4)11(13)2/h5-7,9,17H,8H2,1-4H3. The molecule has 2 aromatic heterocycles. The highest BCUT2D eigenvalue weighted by molar-refractivity contribution is 5.49. The summed E-state index contributed by atoms with van der Waals surface area (Å²) in [5, 5.41) is 3.39. The number of anilines is 1. The van der Waals surface area contributed by atoms with E-state index >= 15 is 0 Å². The van der Waals surface area contributed by atoms with Crippen molar-refractivity contribution in [3.63, 3.8) is 0 Å². The van der Waals surface area contributed by atoms with Gasteiger partial charge in [0.05, 0.1) is 24.7 Å². The van der Waals surface area contributed by atoms with Crippen LogP contribution in [-0.4, -0.2) is 17.1 Å². The highest BCUT2D eigenvalue weighted by Crippen LogP contribution is 2.21. The van der Waals surface area contributed by atoms with Crippen molar-refractivity contribution < 1.29 is 4.74 Å². The van der Waals surface area contributed by atoms with E-state index in [0.29, 0.717) is 6.54 Å². The third-order valence-electron chi connectivity index (χ3n) is 3.19. The third kappa shape index (κ3) is 3.02. The molecule has 0 saturated heterocycles. The van der Waals surface area contributed by atoms with Gasteiger partial charge in [-0.1, -0.05) is 0 Å². The molecule has 0 spiro atoms. The predicted octanol–water partition coefficient (Wildman–Crippen LogP) is 3.02. The van der Waals surface area contributed by atoms with Crippen molar-refractivity contribution in [3.8, 4) is 5.75 Å². The molecule has 0 amide bonds. The van der Waals surface area contributed by atoms with Crippen molar-refractivity contribution in [3.05, 3.63) is 47.0 Å².